The second-order valence-electron chi connectivity index (χ2n) is 4.99. The summed E-state index contributed by atoms with van der Waals surface area (Å²) >= 11 is 6.05. The van der Waals surface area contributed by atoms with Gasteiger partial charge in [0.15, 0.2) is 0 Å². The molecule has 1 rings (SSSR count). The molecule has 0 radical (unpaired) electrons. The Morgan fingerprint density at radius 3 is 2.59 bits per heavy atom. The molecule has 0 aliphatic heterocycles. The van der Waals surface area contributed by atoms with Gasteiger partial charge in [0.2, 0.25) is 0 Å². The lowest BCUT2D eigenvalue weighted by atomic mass is 9.98. The lowest BCUT2D eigenvalue weighted by Crippen LogP contribution is -2.20. The molecule has 1 N–H and O–H groups in total. The number of hydrogen-bond donors (Lipinski definition) is 1. The van der Waals surface area contributed by atoms with Gasteiger partial charge in [-0.2, -0.15) is 0 Å². The zero-order valence-electron chi connectivity index (χ0n) is 11.2. The van der Waals surface area contributed by atoms with Gasteiger partial charge in [-0.15, -0.1) is 0 Å². The van der Waals surface area contributed by atoms with Crippen molar-refractivity contribution in [3.8, 4) is 0 Å². The first-order valence-corrected chi connectivity index (χ1v) is 7.00. The van der Waals surface area contributed by atoms with Crippen molar-refractivity contribution in [1.82, 2.24) is 5.32 Å². The second kappa shape index (κ2) is 7.73. The van der Waals surface area contributed by atoms with Gasteiger partial charge in [-0.25, -0.2) is 0 Å². The Balaban J connectivity index is 2.58. The van der Waals surface area contributed by atoms with Gasteiger partial charge in [0.25, 0.3) is 0 Å². The minimum atomic E-state index is 0.442. The van der Waals surface area contributed by atoms with Crippen LogP contribution in [0.15, 0.2) is 24.3 Å². The minimum absolute atomic E-state index is 0.442. The molecule has 2 heteroatoms. The number of halogens is 1. The Morgan fingerprint density at radius 2 is 2.00 bits per heavy atom. The Labute approximate surface area is 111 Å². The summed E-state index contributed by atoms with van der Waals surface area (Å²) in [5.41, 5.74) is 1.31. The molecule has 0 aliphatic rings. The molecular weight excluding hydrogens is 230 g/mol. The number of hydrogen-bond acceptors (Lipinski definition) is 1. The van der Waals surface area contributed by atoms with Crippen LogP contribution in [0.4, 0.5) is 0 Å². The zero-order valence-corrected chi connectivity index (χ0v) is 11.9. The first kappa shape index (κ1) is 14.5. The maximum atomic E-state index is 6.05. The molecule has 0 aromatic heterocycles. The van der Waals surface area contributed by atoms with E-state index in [1.807, 2.05) is 12.1 Å². The molecule has 1 aromatic carbocycles. The van der Waals surface area contributed by atoms with E-state index in [9.17, 15) is 0 Å². The van der Waals surface area contributed by atoms with Crippen LogP contribution in [-0.2, 0) is 0 Å². The first-order chi connectivity index (χ1) is 8.13. The van der Waals surface area contributed by atoms with E-state index in [-0.39, 0.29) is 0 Å². The van der Waals surface area contributed by atoms with E-state index in [1.54, 1.807) is 0 Å². The van der Waals surface area contributed by atoms with Crippen molar-refractivity contribution < 1.29 is 0 Å². The molecule has 0 saturated heterocycles. The lowest BCUT2D eigenvalue weighted by molar-refractivity contribution is 0.455. The van der Waals surface area contributed by atoms with Gasteiger partial charge in [-0.1, -0.05) is 57.3 Å². The average Bonchev–Trinajstić information content (AvgIpc) is 2.27. The summed E-state index contributed by atoms with van der Waals surface area (Å²) in [7, 11) is 0. The molecule has 17 heavy (non-hydrogen) atoms. The molecule has 0 aliphatic carbocycles. The molecule has 96 valence electrons. The van der Waals surface area contributed by atoms with Gasteiger partial charge >= 0.3 is 0 Å². The van der Waals surface area contributed by atoms with Crippen LogP contribution in [0.2, 0.25) is 5.02 Å². The van der Waals surface area contributed by atoms with Gasteiger partial charge in [-0.3, -0.25) is 0 Å². The van der Waals surface area contributed by atoms with E-state index in [2.05, 4.69) is 38.2 Å². The van der Waals surface area contributed by atoms with Crippen molar-refractivity contribution in [3.63, 3.8) is 0 Å². The second-order valence-corrected chi connectivity index (χ2v) is 5.43. The maximum Gasteiger partial charge on any atom is 0.0409 e. The van der Waals surface area contributed by atoms with Crippen molar-refractivity contribution in [1.29, 1.82) is 0 Å². The smallest absolute Gasteiger partial charge is 0.0409 e. The largest absolute Gasteiger partial charge is 0.310 e. The predicted molar refractivity (Wildman–Crippen MR) is 76.6 cm³/mol. The fourth-order valence-corrected chi connectivity index (χ4v) is 2.29. The summed E-state index contributed by atoms with van der Waals surface area (Å²) in [6.45, 7) is 7.71. The Kier molecular flexibility index (Phi) is 6.61. The molecule has 1 unspecified atom stereocenters. The summed E-state index contributed by atoms with van der Waals surface area (Å²) in [5.74, 6) is 0.789. The van der Waals surface area contributed by atoms with E-state index in [4.69, 9.17) is 11.6 Å². The van der Waals surface area contributed by atoms with Crippen LogP contribution in [0, 0.1) is 5.92 Å². The molecule has 0 bridgehead atoms. The van der Waals surface area contributed by atoms with Crippen molar-refractivity contribution >= 4 is 11.6 Å². The van der Waals surface area contributed by atoms with Crippen molar-refractivity contribution in [2.24, 2.45) is 5.92 Å². The molecule has 1 nitrogen and oxygen atoms in total. The summed E-state index contributed by atoms with van der Waals surface area (Å²) in [5, 5.41) is 4.37. The third-order valence-corrected chi connectivity index (χ3v) is 3.21. The highest BCUT2D eigenvalue weighted by atomic mass is 35.5. The summed E-state index contributed by atoms with van der Waals surface area (Å²) in [6, 6.07) is 8.64. The third kappa shape index (κ3) is 5.56. The third-order valence-electron chi connectivity index (χ3n) is 2.98. The SMILES string of the molecule is CCNC(CCCC(C)C)c1cccc(Cl)c1. The highest BCUT2D eigenvalue weighted by molar-refractivity contribution is 6.30. The topological polar surface area (TPSA) is 12.0 Å². The van der Waals surface area contributed by atoms with Gasteiger partial charge in [0.05, 0.1) is 0 Å². The predicted octanol–water partition coefficient (Wildman–Crippen LogP) is 4.82. The Hall–Kier alpha value is -0.530. The van der Waals surface area contributed by atoms with E-state index in [0.29, 0.717) is 6.04 Å². The van der Waals surface area contributed by atoms with E-state index in [0.717, 1.165) is 17.5 Å². The fraction of sp³-hybridized carbons (Fsp3) is 0.600. The van der Waals surface area contributed by atoms with E-state index >= 15 is 0 Å². The maximum absolute atomic E-state index is 6.05. The van der Waals surface area contributed by atoms with Crippen LogP contribution in [0.5, 0.6) is 0 Å². The molecular formula is C15H24ClN. The highest BCUT2D eigenvalue weighted by Gasteiger charge is 2.10. The summed E-state index contributed by atoms with van der Waals surface area (Å²) < 4.78 is 0. The van der Waals surface area contributed by atoms with Crippen LogP contribution in [-0.4, -0.2) is 6.54 Å². The molecule has 1 aromatic rings. The molecule has 0 fully saturated rings. The Bertz CT molecular complexity index is 322. The van der Waals surface area contributed by atoms with Crippen molar-refractivity contribution in [2.75, 3.05) is 6.54 Å². The van der Waals surface area contributed by atoms with Gasteiger partial charge in [0, 0.05) is 11.1 Å². The molecule has 0 spiro atoms. The zero-order chi connectivity index (χ0) is 12.7. The number of rotatable bonds is 7. The van der Waals surface area contributed by atoms with Gasteiger partial charge in [-0.05, 0) is 36.6 Å². The highest BCUT2D eigenvalue weighted by Crippen LogP contribution is 2.23. The quantitative estimate of drug-likeness (QED) is 0.735. The van der Waals surface area contributed by atoms with Gasteiger partial charge < -0.3 is 5.32 Å². The summed E-state index contributed by atoms with van der Waals surface area (Å²) in [6.07, 6.45) is 3.75. The van der Waals surface area contributed by atoms with Crippen LogP contribution in [0.3, 0.4) is 0 Å². The summed E-state index contributed by atoms with van der Waals surface area (Å²) in [4.78, 5) is 0. The fourth-order valence-electron chi connectivity index (χ4n) is 2.09. The molecule has 0 amide bonds. The number of nitrogens with one attached hydrogen (secondary N) is 1. The van der Waals surface area contributed by atoms with E-state index < -0.39 is 0 Å². The monoisotopic (exact) mass is 253 g/mol. The average molecular weight is 254 g/mol. The minimum Gasteiger partial charge on any atom is -0.310 e. The van der Waals surface area contributed by atoms with Crippen LogP contribution in [0.25, 0.3) is 0 Å². The Morgan fingerprint density at radius 1 is 1.24 bits per heavy atom. The molecule has 0 heterocycles. The molecule has 1 atom stereocenters. The molecule has 0 saturated carbocycles. The normalized spacial score (nSPS) is 13.0. The van der Waals surface area contributed by atoms with Gasteiger partial charge in [0.1, 0.15) is 0 Å². The van der Waals surface area contributed by atoms with Crippen LogP contribution in [0.1, 0.15) is 51.6 Å². The van der Waals surface area contributed by atoms with Crippen molar-refractivity contribution in [2.45, 2.75) is 46.1 Å². The number of benzene rings is 1. The standard InChI is InChI=1S/C15H24ClN/c1-4-17-15(10-5-7-12(2)3)13-8-6-9-14(16)11-13/h6,8-9,11-12,15,17H,4-5,7,10H2,1-3H3. The first-order valence-electron chi connectivity index (χ1n) is 6.62. The lowest BCUT2D eigenvalue weighted by Gasteiger charge is -2.19. The van der Waals surface area contributed by atoms with E-state index in [1.165, 1.54) is 24.8 Å². The van der Waals surface area contributed by atoms with Crippen LogP contribution >= 0.6 is 11.6 Å². The van der Waals surface area contributed by atoms with Crippen LogP contribution < -0.4 is 5.32 Å². The van der Waals surface area contributed by atoms with Crippen molar-refractivity contribution in [3.05, 3.63) is 34.9 Å².